The number of carbonyl (C=O) groups excluding carboxylic acids is 1. The number of hydrogen-bond acceptors (Lipinski definition) is 4. The summed E-state index contributed by atoms with van der Waals surface area (Å²) in [4.78, 5) is 19.2. The van der Waals surface area contributed by atoms with Crippen LogP contribution in [-0.4, -0.2) is 37.6 Å². The number of nitrogens with one attached hydrogen (secondary N) is 2. The minimum absolute atomic E-state index is 0.263. The lowest BCUT2D eigenvalue weighted by Crippen LogP contribution is -2.34. The Bertz CT molecular complexity index is 851. The lowest BCUT2D eigenvalue weighted by Gasteiger charge is -2.30. The van der Waals surface area contributed by atoms with Gasteiger partial charge in [0.2, 0.25) is 5.91 Å². The smallest absolute Gasteiger partial charge is 0.220 e. The van der Waals surface area contributed by atoms with Crippen LogP contribution < -0.4 is 15.5 Å². The van der Waals surface area contributed by atoms with Gasteiger partial charge in [0, 0.05) is 50.2 Å². The largest absolute Gasteiger partial charge is 0.377 e. The normalized spacial score (nSPS) is 22.2. The molecule has 0 saturated heterocycles. The van der Waals surface area contributed by atoms with Crippen LogP contribution >= 0.6 is 0 Å². The van der Waals surface area contributed by atoms with Gasteiger partial charge in [-0.25, -0.2) is 4.98 Å². The van der Waals surface area contributed by atoms with E-state index in [0.29, 0.717) is 17.9 Å². The summed E-state index contributed by atoms with van der Waals surface area (Å²) in [6, 6.07) is 11.0. The first-order chi connectivity index (χ1) is 14.6. The van der Waals surface area contributed by atoms with E-state index in [9.17, 15) is 4.79 Å². The molecule has 0 bridgehead atoms. The maximum atomic E-state index is 12.2. The number of rotatable bonds is 7. The van der Waals surface area contributed by atoms with Crippen molar-refractivity contribution in [1.82, 2.24) is 10.3 Å². The molecule has 4 rings (SSSR count). The number of para-hydroxylation sites is 1. The number of fused-ring (bicyclic) bond motifs is 1. The highest BCUT2D eigenvalue weighted by Crippen LogP contribution is 2.31. The maximum absolute atomic E-state index is 12.2. The molecule has 162 valence electrons. The van der Waals surface area contributed by atoms with Crippen LogP contribution in [0.5, 0.6) is 0 Å². The lowest BCUT2D eigenvalue weighted by atomic mass is 9.86. The van der Waals surface area contributed by atoms with Crippen molar-refractivity contribution in [2.24, 2.45) is 11.8 Å². The number of amides is 1. The van der Waals surface area contributed by atoms with Crippen LogP contribution in [0.4, 0.5) is 11.5 Å². The van der Waals surface area contributed by atoms with Crippen molar-refractivity contribution < 1.29 is 4.79 Å². The minimum atomic E-state index is 0.263. The van der Waals surface area contributed by atoms with Crippen LogP contribution in [0.1, 0.15) is 57.8 Å². The Balaban J connectivity index is 1.27. The number of nitrogens with zero attached hydrogens (tertiary/aromatic N) is 2. The molecule has 5 nitrogen and oxygen atoms in total. The number of carbonyl (C=O) groups is 1. The zero-order chi connectivity index (χ0) is 20.9. The van der Waals surface area contributed by atoms with Crippen molar-refractivity contribution in [1.29, 1.82) is 0 Å². The maximum Gasteiger partial charge on any atom is 0.220 e. The van der Waals surface area contributed by atoms with Crippen LogP contribution in [0.2, 0.25) is 0 Å². The molecule has 0 atom stereocenters. The number of aromatic nitrogens is 1. The third-order valence-electron chi connectivity index (χ3n) is 6.91. The standard InChI is InChI=1S/C25H36N4O/c1-29(2)23-16-24(28-22-10-6-5-9-21(22)23)27-20-13-11-19(12-14-20)17-26-25(30)15-18-7-3-4-8-18/h5-6,9-10,16,18-20H,3-4,7-8,11-15,17H2,1-2H3,(H,26,30)(H,27,28). The first kappa shape index (κ1) is 21.0. The molecule has 2 fully saturated rings. The lowest BCUT2D eigenvalue weighted by molar-refractivity contribution is -0.122. The van der Waals surface area contributed by atoms with Gasteiger partial charge in [0.15, 0.2) is 0 Å². The van der Waals surface area contributed by atoms with E-state index in [1.807, 2.05) is 6.07 Å². The van der Waals surface area contributed by atoms with Crippen molar-refractivity contribution in [2.75, 3.05) is 30.9 Å². The number of benzene rings is 1. The quantitative estimate of drug-likeness (QED) is 0.679. The molecule has 0 unspecified atom stereocenters. The van der Waals surface area contributed by atoms with Gasteiger partial charge in [-0.2, -0.15) is 0 Å². The predicted octanol–water partition coefficient (Wildman–Crippen LogP) is 4.97. The molecule has 1 amide bonds. The van der Waals surface area contributed by atoms with E-state index in [1.54, 1.807) is 0 Å². The molecule has 2 aliphatic carbocycles. The fourth-order valence-corrected chi connectivity index (χ4v) is 5.13. The predicted molar refractivity (Wildman–Crippen MR) is 125 cm³/mol. The highest BCUT2D eigenvalue weighted by molar-refractivity contribution is 5.93. The second-order valence-electron chi connectivity index (χ2n) is 9.46. The molecule has 1 aromatic carbocycles. The molecular weight excluding hydrogens is 372 g/mol. The first-order valence-electron chi connectivity index (χ1n) is 11.7. The summed E-state index contributed by atoms with van der Waals surface area (Å²) in [7, 11) is 4.16. The van der Waals surface area contributed by atoms with E-state index in [4.69, 9.17) is 4.98 Å². The van der Waals surface area contributed by atoms with Crippen molar-refractivity contribution in [3.05, 3.63) is 30.3 Å². The highest BCUT2D eigenvalue weighted by atomic mass is 16.1. The molecule has 1 heterocycles. The van der Waals surface area contributed by atoms with Crippen LogP contribution in [0.15, 0.2) is 30.3 Å². The van der Waals surface area contributed by atoms with E-state index >= 15 is 0 Å². The molecule has 0 spiro atoms. The molecule has 30 heavy (non-hydrogen) atoms. The third-order valence-corrected chi connectivity index (χ3v) is 6.91. The van der Waals surface area contributed by atoms with Gasteiger partial charge < -0.3 is 15.5 Å². The van der Waals surface area contributed by atoms with Gasteiger partial charge in [-0.15, -0.1) is 0 Å². The Kier molecular flexibility index (Phi) is 6.76. The van der Waals surface area contributed by atoms with E-state index < -0.39 is 0 Å². The van der Waals surface area contributed by atoms with E-state index in [-0.39, 0.29) is 5.91 Å². The molecule has 0 radical (unpaired) electrons. The van der Waals surface area contributed by atoms with Crippen LogP contribution in [-0.2, 0) is 4.79 Å². The van der Waals surface area contributed by atoms with Gasteiger partial charge in [0.05, 0.1) is 5.52 Å². The highest BCUT2D eigenvalue weighted by Gasteiger charge is 2.23. The average molecular weight is 409 g/mol. The minimum Gasteiger partial charge on any atom is -0.377 e. The monoisotopic (exact) mass is 408 g/mol. The Hall–Kier alpha value is -2.30. The van der Waals surface area contributed by atoms with Crippen molar-refractivity contribution in [3.63, 3.8) is 0 Å². The summed E-state index contributed by atoms with van der Waals surface area (Å²) in [6.07, 6.45) is 10.4. The fraction of sp³-hybridized carbons (Fsp3) is 0.600. The summed E-state index contributed by atoms with van der Waals surface area (Å²) < 4.78 is 0. The molecule has 2 saturated carbocycles. The Labute approximate surface area is 180 Å². The van der Waals surface area contributed by atoms with Gasteiger partial charge in [0.1, 0.15) is 5.82 Å². The summed E-state index contributed by atoms with van der Waals surface area (Å²) >= 11 is 0. The summed E-state index contributed by atoms with van der Waals surface area (Å²) in [5.74, 6) is 2.47. The van der Waals surface area contributed by atoms with Gasteiger partial charge in [-0.3, -0.25) is 4.79 Å². The third kappa shape index (κ3) is 5.24. The fourth-order valence-electron chi connectivity index (χ4n) is 5.13. The molecule has 5 heteroatoms. The van der Waals surface area contributed by atoms with E-state index in [0.717, 1.165) is 50.0 Å². The molecule has 1 aromatic heterocycles. The van der Waals surface area contributed by atoms with E-state index in [2.05, 4.69) is 53.9 Å². The van der Waals surface area contributed by atoms with Crippen molar-refractivity contribution >= 4 is 28.3 Å². The van der Waals surface area contributed by atoms with Crippen LogP contribution in [0.3, 0.4) is 0 Å². The second-order valence-corrected chi connectivity index (χ2v) is 9.46. The van der Waals surface area contributed by atoms with Gasteiger partial charge >= 0.3 is 0 Å². The van der Waals surface area contributed by atoms with Crippen LogP contribution in [0.25, 0.3) is 10.9 Å². The molecule has 2 aromatic rings. The zero-order valence-corrected chi connectivity index (χ0v) is 18.5. The number of pyridine rings is 1. The summed E-state index contributed by atoms with van der Waals surface area (Å²) in [5, 5.41) is 8.07. The molecular formula is C25H36N4O. The second kappa shape index (κ2) is 9.67. The number of hydrogen-bond donors (Lipinski definition) is 2. The van der Waals surface area contributed by atoms with Gasteiger partial charge in [0.25, 0.3) is 0 Å². The van der Waals surface area contributed by atoms with Crippen molar-refractivity contribution in [3.8, 4) is 0 Å². The SMILES string of the molecule is CN(C)c1cc(NC2CCC(CNC(=O)CC3CCCC3)CC2)nc2ccccc12. The van der Waals surface area contributed by atoms with Crippen molar-refractivity contribution in [2.45, 2.75) is 63.8 Å². The topological polar surface area (TPSA) is 57.3 Å². The van der Waals surface area contributed by atoms with Crippen LogP contribution in [0, 0.1) is 11.8 Å². The summed E-state index contributed by atoms with van der Waals surface area (Å²) in [5.41, 5.74) is 2.23. The number of anilines is 2. The molecule has 2 N–H and O–H groups in total. The average Bonchev–Trinajstić information content (AvgIpc) is 3.25. The Morgan fingerprint density at radius 3 is 2.50 bits per heavy atom. The van der Waals surface area contributed by atoms with Gasteiger partial charge in [-0.1, -0.05) is 31.0 Å². The first-order valence-corrected chi connectivity index (χ1v) is 11.7. The Morgan fingerprint density at radius 2 is 1.77 bits per heavy atom. The Morgan fingerprint density at radius 1 is 1.03 bits per heavy atom. The molecule has 0 aliphatic heterocycles. The summed E-state index contributed by atoms with van der Waals surface area (Å²) in [6.45, 7) is 0.845. The molecule has 2 aliphatic rings. The van der Waals surface area contributed by atoms with E-state index in [1.165, 1.54) is 36.8 Å². The van der Waals surface area contributed by atoms with Gasteiger partial charge in [-0.05, 0) is 56.4 Å². The zero-order valence-electron chi connectivity index (χ0n) is 18.5.